The Morgan fingerprint density at radius 3 is 2.67 bits per heavy atom. The highest BCUT2D eigenvalue weighted by atomic mass is 79.9. The van der Waals surface area contributed by atoms with Gasteiger partial charge in [0, 0.05) is 10.9 Å². The van der Waals surface area contributed by atoms with Crippen molar-refractivity contribution in [2.24, 2.45) is 0 Å². The van der Waals surface area contributed by atoms with Gasteiger partial charge in [-0.2, -0.15) is 0 Å². The van der Waals surface area contributed by atoms with Crippen LogP contribution in [0.4, 0.5) is 0 Å². The fourth-order valence-corrected chi connectivity index (χ4v) is 2.27. The molecule has 0 N–H and O–H groups in total. The summed E-state index contributed by atoms with van der Waals surface area (Å²) in [6.07, 6.45) is 1.16. The molecule has 2 aromatic rings. The fourth-order valence-electron chi connectivity index (χ4n) is 1.82. The molecule has 18 heavy (non-hydrogen) atoms. The Bertz CT molecular complexity index is 577. The van der Waals surface area contributed by atoms with E-state index in [1.54, 1.807) is 4.68 Å². The van der Waals surface area contributed by atoms with Crippen LogP contribution in [0.2, 0.25) is 0 Å². The Labute approximate surface area is 114 Å². The third kappa shape index (κ3) is 2.22. The molecule has 1 aromatic heterocycles. The minimum atomic E-state index is 0.0325. The van der Waals surface area contributed by atoms with Crippen molar-refractivity contribution in [3.63, 3.8) is 0 Å². The maximum atomic E-state index is 11.8. The molecule has 0 saturated carbocycles. The number of halogens is 1. The van der Waals surface area contributed by atoms with Crippen molar-refractivity contribution in [1.82, 2.24) is 15.0 Å². The highest BCUT2D eigenvalue weighted by Crippen LogP contribution is 2.22. The molecular formula is C13H14BrN3O. The molecule has 1 heterocycles. The van der Waals surface area contributed by atoms with Crippen molar-refractivity contribution in [2.45, 2.75) is 26.7 Å². The minimum Gasteiger partial charge on any atom is -0.292 e. The largest absolute Gasteiger partial charge is 0.292 e. The number of aromatic nitrogens is 3. The Morgan fingerprint density at radius 2 is 2.06 bits per heavy atom. The summed E-state index contributed by atoms with van der Waals surface area (Å²) in [6.45, 7) is 3.83. The van der Waals surface area contributed by atoms with Gasteiger partial charge in [-0.1, -0.05) is 31.2 Å². The lowest BCUT2D eigenvalue weighted by molar-refractivity contribution is 0.0982. The van der Waals surface area contributed by atoms with Crippen molar-refractivity contribution >= 4 is 21.7 Å². The van der Waals surface area contributed by atoms with Crippen LogP contribution in [-0.4, -0.2) is 20.8 Å². The van der Waals surface area contributed by atoms with Crippen LogP contribution in [-0.2, 0) is 6.42 Å². The molecule has 5 heteroatoms. The van der Waals surface area contributed by atoms with E-state index >= 15 is 0 Å². The average Bonchev–Trinajstić information content (AvgIpc) is 2.81. The summed E-state index contributed by atoms with van der Waals surface area (Å²) in [5.41, 5.74) is 2.24. The quantitative estimate of drug-likeness (QED) is 0.815. The van der Waals surface area contributed by atoms with E-state index in [2.05, 4.69) is 26.2 Å². The summed E-state index contributed by atoms with van der Waals surface area (Å²) < 4.78 is 2.66. The van der Waals surface area contributed by atoms with Crippen molar-refractivity contribution < 1.29 is 4.79 Å². The van der Waals surface area contributed by atoms with Crippen LogP contribution >= 0.6 is 15.9 Å². The van der Waals surface area contributed by atoms with Gasteiger partial charge in [-0.15, -0.1) is 5.10 Å². The molecule has 0 atom stereocenters. The van der Waals surface area contributed by atoms with E-state index in [1.807, 2.05) is 38.1 Å². The zero-order valence-corrected chi connectivity index (χ0v) is 11.9. The first-order valence-corrected chi connectivity index (χ1v) is 6.71. The number of rotatable bonds is 4. The Kier molecular flexibility index (Phi) is 3.91. The molecule has 0 unspecified atom stereocenters. The molecule has 1 aromatic carbocycles. The van der Waals surface area contributed by atoms with Gasteiger partial charge in [0.15, 0.2) is 11.5 Å². The molecule has 0 aliphatic carbocycles. The van der Waals surface area contributed by atoms with Crippen LogP contribution in [0, 0.1) is 0 Å². The van der Waals surface area contributed by atoms with Gasteiger partial charge in [0.05, 0.1) is 11.4 Å². The molecule has 0 fully saturated rings. The third-order valence-corrected chi connectivity index (χ3v) is 3.43. The first kappa shape index (κ1) is 13.0. The summed E-state index contributed by atoms with van der Waals surface area (Å²) in [6, 6.07) is 7.76. The first-order chi connectivity index (χ1) is 8.69. The summed E-state index contributed by atoms with van der Waals surface area (Å²) >= 11 is 3.49. The smallest absolute Gasteiger partial charge is 0.184 e. The van der Waals surface area contributed by atoms with E-state index in [0.29, 0.717) is 12.1 Å². The second kappa shape index (κ2) is 5.44. The van der Waals surface area contributed by atoms with Crippen molar-refractivity contribution in [3.8, 4) is 5.69 Å². The number of Topliss-reactive ketones (excluding diaryl/α,β-unsaturated/α-hetero) is 1. The predicted octanol–water partition coefficient (Wildman–Crippen LogP) is 3.18. The van der Waals surface area contributed by atoms with Gasteiger partial charge < -0.3 is 0 Å². The number of hydrogen-bond acceptors (Lipinski definition) is 3. The monoisotopic (exact) mass is 307 g/mol. The normalized spacial score (nSPS) is 10.6. The topological polar surface area (TPSA) is 47.8 Å². The van der Waals surface area contributed by atoms with Crippen LogP contribution in [0.5, 0.6) is 0 Å². The third-order valence-electron chi connectivity index (χ3n) is 2.76. The SMILES string of the molecule is CCC(=O)c1nnn(-c2ccccc2Br)c1CC. The highest BCUT2D eigenvalue weighted by molar-refractivity contribution is 9.10. The molecular weight excluding hydrogens is 294 g/mol. The highest BCUT2D eigenvalue weighted by Gasteiger charge is 2.18. The zero-order valence-electron chi connectivity index (χ0n) is 10.4. The minimum absolute atomic E-state index is 0.0325. The maximum Gasteiger partial charge on any atom is 0.184 e. The van der Waals surface area contributed by atoms with Crippen LogP contribution in [0.25, 0.3) is 5.69 Å². The lowest BCUT2D eigenvalue weighted by Gasteiger charge is -2.07. The summed E-state index contributed by atoms with van der Waals surface area (Å²) in [5, 5.41) is 8.12. The van der Waals surface area contributed by atoms with E-state index in [1.165, 1.54) is 0 Å². The van der Waals surface area contributed by atoms with Gasteiger partial charge in [0.2, 0.25) is 0 Å². The molecule has 0 amide bonds. The van der Waals surface area contributed by atoms with Crippen molar-refractivity contribution in [2.75, 3.05) is 0 Å². The molecule has 0 bridgehead atoms. The maximum absolute atomic E-state index is 11.8. The Balaban J connectivity index is 2.56. The number of para-hydroxylation sites is 1. The molecule has 4 nitrogen and oxygen atoms in total. The average molecular weight is 308 g/mol. The van der Waals surface area contributed by atoms with Gasteiger partial charge in [-0.25, -0.2) is 4.68 Å². The second-order valence-electron chi connectivity index (χ2n) is 3.88. The van der Waals surface area contributed by atoms with Gasteiger partial charge in [0.25, 0.3) is 0 Å². The second-order valence-corrected chi connectivity index (χ2v) is 4.73. The predicted molar refractivity (Wildman–Crippen MR) is 73.1 cm³/mol. The van der Waals surface area contributed by atoms with Crippen LogP contribution < -0.4 is 0 Å². The first-order valence-electron chi connectivity index (χ1n) is 5.91. The Morgan fingerprint density at radius 1 is 1.33 bits per heavy atom. The van der Waals surface area contributed by atoms with E-state index in [-0.39, 0.29) is 5.78 Å². The van der Waals surface area contributed by atoms with Crippen LogP contribution in [0.1, 0.15) is 36.5 Å². The van der Waals surface area contributed by atoms with Gasteiger partial charge in [0.1, 0.15) is 0 Å². The number of ketones is 1. The van der Waals surface area contributed by atoms with E-state index < -0.39 is 0 Å². The van der Waals surface area contributed by atoms with Gasteiger partial charge in [-0.3, -0.25) is 4.79 Å². The number of hydrogen-bond donors (Lipinski definition) is 0. The number of carbonyl (C=O) groups is 1. The van der Waals surface area contributed by atoms with Crippen molar-refractivity contribution in [3.05, 3.63) is 40.1 Å². The molecule has 0 saturated heterocycles. The van der Waals surface area contributed by atoms with E-state index in [4.69, 9.17) is 0 Å². The summed E-state index contributed by atoms with van der Waals surface area (Å²) in [4.78, 5) is 11.8. The molecule has 2 rings (SSSR count). The number of carbonyl (C=O) groups excluding carboxylic acids is 1. The van der Waals surface area contributed by atoms with Crippen LogP contribution in [0.15, 0.2) is 28.7 Å². The molecule has 0 aliphatic heterocycles. The summed E-state index contributed by atoms with van der Waals surface area (Å²) in [7, 11) is 0. The zero-order chi connectivity index (χ0) is 13.1. The summed E-state index contributed by atoms with van der Waals surface area (Å²) in [5.74, 6) is 0.0325. The molecule has 0 spiro atoms. The van der Waals surface area contributed by atoms with Crippen LogP contribution in [0.3, 0.4) is 0 Å². The van der Waals surface area contributed by atoms with Crippen molar-refractivity contribution in [1.29, 1.82) is 0 Å². The van der Waals surface area contributed by atoms with E-state index in [9.17, 15) is 4.79 Å². The molecule has 94 valence electrons. The Hall–Kier alpha value is -1.49. The fraction of sp³-hybridized carbons (Fsp3) is 0.308. The lowest BCUT2D eigenvalue weighted by Crippen LogP contribution is -2.06. The van der Waals surface area contributed by atoms with Gasteiger partial charge >= 0.3 is 0 Å². The standard InChI is InChI=1S/C13H14BrN3O/c1-3-10-13(12(18)4-2)15-16-17(10)11-8-6-5-7-9(11)14/h5-8H,3-4H2,1-2H3. The number of benzene rings is 1. The van der Waals surface area contributed by atoms with Gasteiger partial charge in [-0.05, 0) is 34.5 Å². The molecule has 0 aliphatic rings. The van der Waals surface area contributed by atoms with E-state index in [0.717, 1.165) is 22.3 Å². The lowest BCUT2D eigenvalue weighted by atomic mass is 10.1. The number of nitrogens with zero attached hydrogens (tertiary/aromatic N) is 3. The molecule has 0 radical (unpaired) electrons.